The van der Waals surface area contributed by atoms with Crippen LogP contribution in [0.5, 0.6) is 5.75 Å². The summed E-state index contributed by atoms with van der Waals surface area (Å²) in [5.74, 6) is 3.87. The number of nitrogens with one attached hydrogen (secondary N) is 1. The first kappa shape index (κ1) is 20.4. The van der Waals surface area contributed by atoms with Gasteiger partial charge >= 0.3 is 0 Å². The van der Waals surface area contributed by atoms with E-state index in [1.807, 2.05) is 19.3 Å². The third-order valence-electron chi connectivity index (χ3n) is 7.50. The van der Waals surface area contributed by atoms with E-state index in [0.717, 1.165) is 55.9 Å². The van der Waals surface area contributed by atoms with Gasteiger partial charge < -0.3 is 19.5 Å². The number of fused-ring (bicyclic) bond motifs is 4. The fourth-order valence-electron chi connectivity index (χ4n) is 5.77. The standard InChI is InChI=1S/C28H28N6O/c1-18-29-12-15-33(18)25-10-13-32(2)28(31-25)34-14-9-22-21-5-3-4-6-23(21)30-26(22)27(34)20-7-8-24-19(17-20)11-16-35-24/h3-8,10,12,15,17,27,30H,9,11,13-14,16H2,1-2H3. The molecule has 1 unspecified atom stereocenters. The fraction of sp³-hybridized carbons (Fsp3) is 0.286. The van der Waals surface area contributed by atoms with Crippen LogP contribution in [0.25, 0.3) is 16.7 Å². The summed E-state index contributed by atoms with van der Waals surface area (Å²) in [6, 6.07) is 15.4. The first-order valence-electron chi connectivity index (χ1n) is 12.3. The minimum absolute atomic E-state index is 0.0430. The van der Waals surface area contributed by atoms with Gasteiger partial charge in [0.2, 0.25) is 5.96 Å². The Morgan fingerprint density at radius 3 is 2.91 bits per heavy atom. The highest BCUT2D eigenvalue weighted by Gasteiger charge is 2.36. The average molecular weight is 465 g/mol. The van der Waals surface area contributed by atoms with Crippen LogP contribution in [0.4, 0.5) is 0 Å². The lowest BCUT2D eigenvalue weighted by atomic mass is 9.91. The van der Waals surface area contributed by atoms with Gasteiger partial charge in [-0.2, -0.15) is 4.99 Å². The number of para-hydroxylation sites is 1. The van der Waals surface area contributed by atoms with Crippen molar-refractivity contribution < 1.29 is 4.74 Å². The van der Waals surface area contributed by atoms with E-state index in [1.165, 1.54) is 33.3 Å². The van der Waals surface area contributed by atoms with Crippen LogP contribution in [0.3, 0.4) is 0 Å². The summed E-state index contributed by atoms with van der Waals surface area (Å²) in [7, 11) is 2.13. The molecule has 0 amide bonds. The molecule has 0 bridgehead atoms. The third kappa shape index (κ3) is 3.18. The number of hydrogen-bond acceptors (Lipinski definition) is 5. The second-order valence-electron chi connectivity index (χ2n) is 9.57. The molecule has 35 heavy (non-hydrogen) atoms. The zero-order chi connectivity index (χ0) is 23.5. The molecule has 7 heteroatoms. The van der Waals surface area contributed by atoms with Crippen molar-refractivity contribution in [2.75, 3.05) is 26.7 Å². The van der Waals surface area contributed by atoms with Gasteiger partial charge in [0.05, 0.1) is 12.6 Å². The molecule has 0 fully saturated rings. The van der Waals surface area contributed by atoms with Crippen LogP contribution in [-0.4, -0.2) is 57.0 Å². The highest BCUT2D eigenvalue weighted by atomic mass is 16.5. The molecule has 3 aliphatic rings. The van der Waals surface area contributed by atoms with Gasteiger partial charge in [0, 0.05) is 55.5 Å². The van der Waals surface area contributed by atoms with Crippen LogP contribution in [0, 0.1) is 6.92 Å². The summed E-state index contributed by atoms with van der Waals surface area (Å²) in [5, 5.41) is 1.32. The number of ether oxygens (including phenoxy) is 1. The van der Waals surface area contributed by atoms with Gasteiger partial charge in [-0.1, -0.05) is 24.3 Å². The molecule has 0 saturated carbocycles. The van der Waals surface area contributed by atoms with Gasteiger partial charge in [0.15, 0.2) is 0 Å². The molecule has 3 aliphatic heterocycles. The van der Waals surface area contributed by atoms with Crippen LogP contribution in [0.15, 0.2) is 65.9 Å². The van der Waals surface area contributed by atoms with E-state index < -0.39 is 0 Å². The second-order valence-corrected chi connectivity index (χ2v) is 9.57. The molecule has 4 aromatic rings. The monoisotopic (exact) mass is 464 g/mol. The first-order chi connectivity index (χ1) is 17.2. The molecule has 0 saturated heterocycles. The van der Waals surface area contributed by atoms with Crippen molar-refractivity contribution in [3.05, 3.63) is 89.1 Å². The van der Waals surface area contributed by atoms with Crippen molar-refractivity contribution in [3.63, 3.8) is 0 Å². The highest BCUT2D eigenvalue weighted by molar-refractivity contribution is 5.89. The van der Waals surface area contributed by atoms with Crippen molar-refractivity contribution in [3.8, 4) is 5.75 Å². The number of guanidine groups is 1. The Hall–Kier alpha value is -4.00. The quantitative estimate of drug-likeness (QED) is 0.479. The number of nitrogens with zero attached hydrogens (tertiary/aromatic N) is 5. The van der Waals surface area contributed by atoms with E-state index in [4.69, 9.17) is 9.73 Å². The van der Waals surface area contributed by atoms with Crippen LogP contribution < -0.4 is 4.74 Å². The Labute approximate surface area is 204 Å². The first-order valence-corrected chi connectivity index (χ1v) is 12.3. The van der Waals surface area contributed by atoms with E-state index in [2.05, 4.69) is 79.9 Å². The predicted octanol–water partition coefficient (Wildman–Crippen LogP) is 4.36. The number of aryl methyl sites for hydroxylation is 1. The zero-order valence-electron chi connectivity index (χ0n) is 20.0. The molecule has 2 aromatic carbocycles. The molecule has 0 aliphatic carbocycles. The topological polar surface area (TPSA) is 61.7 Å². The molecule has 2 aromatic heterocycles. The summed E-state index contributed by atoms with van der Waals surface area (Å²) in [4.78, 5) is 18.1. The number of H-pyrrole nitrogens is 1. The molecule has 1 N–H and O–H groups in total. The molecule has 5 heterocycles. The van der Waals surface area contributed by atoms with Crippen molar-refractivity contribution in [2.24, 2.45) is 4.99 Å². The maximum atomic E-state index is 5.82. The Kier molecular flexibility index (Phi) is 4.52. The molecule has 1 atom stereocenters. The van der Waals surface area contributed by atoms with Gasteiger partial charge in [-0.05, 0) is 54.3 Å². The molecule has 0 spiro atoms. The largest absolute Gasteiger partial charge is 0.493 e. The number of hydrogen-bond donors (Lipinski definition) is 1. The molecule has 7 nitrogen and oxygen atoms in total. The Bertz CT molecular complexity index is 1510. The van der Waals surface area contributed by atoms with Crippen molar-refractivity contribution >= 4 is 22.7 Å². The number of rotatable bonds is 2. The van der Waals surface area contributed by atoms with Gasteiger partial charge in [-0.3, -0.25) is 4.57 Å². The number of aliphatic imine (C=N–C) groups is 1. The van der Waals surface area contributed by atoms with Gasteiger partial charge in [0.25, 0.3) is 0 Å². The van der Waals surface area contributed by atoms with Crippen molar-refractivity contribution in [2.45, 2.75) is 25.8 Å². The lowest BCUT2D eigenvalue weighted by Crippen LogP contribution is -2.48. The second kappa shape index (κ2) is 7.77. The van der Waals surface area contributed by atoms with Gasteiger partial charge in [-0.25, -0.2) is 4.98 Å². The molecule has 7 rings (SSSR count). The predicted molar refractivity (Wildman–Crippen MR) is 137 cm³/mol. The summed E-state index contributed by atoms with van der Waals surface area (Å²) in [5.41, 5.74) is 6.44. The van der Waals surface area contributed by atoms with Crippen molar-refractivity contribution in [1.82, 2.24) is 24.3 Å². The number of imidazole rings is 1. The SMILES string of the molecule is Cc1nccn1C1=CCN(C)C(N2CCc3c([nH]c4ccccc34)C2c2ccc3c(c2)CCO3)=N1. The fourth-order valence-corrected chi connectivity index (χ4v) is 5.77. The molecular formula is C28H28N6O. The average Bonchev–Trinajstić information content (AvgIpc) is 3.61. The van der Waals surface area contributed by atoms with E-state index in [1.54, 1.807) is 0 Å². The van der Waals surface area contributed by atoms with E-state index >= 15 is 0 Å². The minimum atomic E-state index is 0.0430. The summed E-state index contributed by atoms with van der Waals surface area (Å²) < 4.78 is 7.88. The molecule has 176 valence electrons. The summed E-state index contributed by atoms with van der Waals surface area (Å²) >= 11 is 0. The van der Waals surface area contributed by atoms with E-state index in [-0.39, 0.29) is 6.04 Å². The van der Waals surface area contributed by atoms with Crippen LogP contribution >= 0.6 is 0 Å². The van der Waals surface area contributed by atoms with Gasteiger partial charge in [0.1, 0.15) is 17.4 Å². The summed E-state index contributed by atoms with van der Waals surface area (Å²) in [6.07, 6.45) is 7.91. The van der Waals surface area contributed by atoms with Crippen LogP contribution in [0.1, 0.15) is 34.3 Å². The van der Waals surface area contributed by atoms with E-state index in [0.29, 0.717) is 0 Å². The lowest BCUT2D eigenvalue weighted by molar-refractivity contribution is 0.291. The third-order valence-corrected chi connectivity index (χ3v) is 7.50. The number of benzene rings is 2. The molecular weight excluding hydrogens is 436 g/mol. The maximum Gasteiger partial charge on any atom is 0.204 e. The highest BCUT2D eigenvalue weighted by Crippen LogP contribution is 2.41. The number of likely N-dealkylation sites (N-methyl/N-ethyl adjacent to an activating group) is 1. The Morgan fingerprint density at radius 2 is 2.03 bits per heavy atom. The van der Waals surface area contributed by atoms with Crippen molar-refractivity contribution in [1.29, 1.82) is 0 Å². The van der Waals surface area contributed by atoms with Crippen LogP contribution in [-0.2, 0) is 12.8 Å². The smallest absolute Gasteiger partial charge is 0.204 e. The number of aromatic nitrogens is 3. The maximum absolute atomic E-state index is 5.82. The minimum Gasteiger partial charge on any atom is -0.493 e. The number of aromatic amines is 1. The van der Waals surface area contributed by atoms with E-state index in [9.17, 15) is 0 Å². The lowest BCUT2D eigenvalue weighted by Gasteiger charge is -2.42. The Morgan fingerprint density at radius 1 is 1.11 bits per heavy atom. The Balaban J connectivity index is 1.39. The summed E-state index contributed by atoms with van der Waals surface area (Å²) in [6.45, 7) is 4.47. The van der Waals surface area contributed by atoms with Gasteiger partial charge in [-0.15, -0.1) is 0 Å². The molecule has 0 radical (unpaired) electrons. The zero-order valence-corrected chi connectivity index (χ0v) is 20.0. The normalized spacial score (nSPS) is 19.3. The van der Waals surface area contributed by atoms with Crippen LogP contribution in [0.2, 0.25) is 0 Å².